The number of pyridine rings is 1. The van der Waals surface area contributed by atoms with E-state index < -0.39 is 6.36 Å². The van der Waals surface area contributed by atoms with Crippen molar-refractivity contribution in [3.63, 3.8) is 0 Å². The Hall–Kier alpha value is -1.46. The molecule has 1 rings (SSSR count). The summed E-state index contributed by atoms with van der Waals surface area (Å²) in [6.07, 6.45) is -3.63. The van der Waals surface area contributed by atoms with Crippen LogP contribution in [0.1, 0.15) is 13.8 Å². The largest absolute Gasteiger partial charge is 0.573 e. The molecule has 0 amide bonds. The minimum atomic E-state index is -4.67. The lowest BCUT2D eigenvalue weighted by Crippen LogP contribution is -2.17. The van der Waals surface area contributed by atoms with Gasteiger partial charge in [-0.05, 0) is 18.1 Å². The molecule has 3 nitrogen and oxygen atoms in total. The fourth-order valence-electron chi connectivity index (χ4n) is 0.988. The molecule has 1 aromatic heterocycles. The third kappa shape index (κ3) is 4.86. The molecule has 0 atom stereocenters. The molecule has 0 spiro atoms. The summed E-state index contributed by atoms with van der Waals surface area (Å²) in [5.41, 5.74) is 0. The molecule has 0 unspecified atom stereocenters. The molecule has 0 aliphatic carbocycles. The van der Waals surface area contributed by atoms with Crippen LogP contribution < -0.4 is 10.1 Å². The molecule has 1 N–H and O–H groups in total. The second kappa shape index (κ2) is 5.05. The number of ether oxygens (including phenoxy) is 1. The molecule has 90 valence electrons. The van der Waals surface area contributed by atoms with Crippen molar-refractivity contribution in [3.8, 4) is 5.75 Å². The van der Waals surface area contributed by atoms with E-state index in [0.29, 0.717) is 18.3 Å². The summed E-state index contributed by atoms with van der Waals surface area (Å²) in [4.78, 5) is 3.80. The van der Waals surface area contributed by atoms with Gasteiger partial charge in [0.15, 0.2) is 0 Å². The molecule has 0 saturated heterocycles. The monoisotopic (exact) mass is 234 g/mol. The third-order valence-corrected chi connectivity index (χ3v) is 1.66. The average Bonchev–Trinajstić information content (AvgIpc) is 2.14. The van der Waals surface area contributed by atoms with Crippen LogP contribution in [0.15, 0.2) is 18.3 Å². The van der Waals surface area contributed by atoms with Crippen LogP contribution in [0.4, 0.5) is 19.0 Å². The van der Waals surface area contributed by atoms with E-state index in [4.69, 9.17) is 0 Å². The van der Waals surface area contributed by atoms with Crippen LogP contribution >= 0.6 is 0 Å². The fraction of sp³-hybridized carbons (Fsp3) is 0.500. The maximum atomic E-state index is 11.8. The lowest BCUT2D eigenvalue weighted by molar-refractivity contribution is -0.274. The van der Waals surface area contributed by atoms with Crippen molar-refractivity contribution in [2.24, 2.45) is 5.92 Å². The highest BCUT2D eigenvalue weighted by Crippen LogP contribution is 2.22. The quantitative estimate of drug-likeness (QED) is 0.869. The van der Waals surface area contributed by atoms with Gasteiger partial charge in [0.1, 0.15) is 11.6 Å². The molecule has 16 heavy (non-hydrogen) atoms. The van der Waals surface area contributed by atoms with Gasteiger partial charge in [0.05, 0.1) is 6.20 Å². The summed E-state index contributed by atoms with van der Waals surface area (Å²) < 4.78 is 39.2. The number of halogens is 3. The van der Waals surface area contributed by atoms with E-state index in [1.807, 2.05) is 13.8 Å². The summed E-state index contributed by atoms with van der Waals surface area (Å²) >= 11 is 0. The van der Waals surface area contributed by atoms with E-state index in [1.165, 1.54) is 12.1 Å². The first-order chi connectivity index (χ1) is 7.37. The standard InChI is InChI=1S/C10H13F3N2O/c1-7(2)5-14-9-4-3-8(6-15-9)16-10(11,12)13/h3-4,6-7H,5H2,1-2H3,(H,14,15). The van der Waals surface area contributed by atoms with E-state index in [2.05, 4.69) is 15.0 Å². The average molecular weight is 234 g/mol. The Labute approximate surface area is 91.6 Å². The second-order valence-electron chi connectivity index (χ2n) is 3.70. The molecule has 0 aromatic carbocycles. The van der Waals surface area contributed by atoms with Gasteiger partial charge in [0.2, 0.25) is 0 Å². The van der Waals surface area contributed by atoms with Gasteiger partial charge in [0, 0.05) is 6.54 Å². The number of hydrogen-bond donors (Lipinski definition) is 1. The van der Waals surface area contributed by atoms with Crippen LogP contribution in [-0.4, -0.2) is 17.9 Å². The number of hydrogen-bond acceptors (Lipinski definition) is 3. The highest BCUT2D eigenvalue weighted by Gasteiger charge is 2.31. The number of nitrogens with one attached hydrogen (secondary N) is 1. The van der Waals surface area contributed by atoms with E-state index >= 15 is 0 Å². The zero-order valence-corrected chi connectivity index (χ0v) is 9.01. The van der Waals surface area contributed by atoms with Crippen LogP contribution in [0, 0.1) is 5.92 Å². The first-order valence-electron chi connectivity index (χ1n) is 4.82. The summed E-state index contributed by atoms with van der Waals surface area (Å²) in [5.74, 6) is 0.652. The highest BCUT2D eigenvalue weighted by molar-refractivity contribution is 5.37. The maximum absolute atomic E-state index is 11.8. The zero-order valence-electron chi connectivity index (χ0n) is 9.01. The van der Waals surface area contributed by atoms with Crippen LogP contribution in [-0.2, 0) is 0 Å². The van der Waals surface area contributed by atoms with Crippen molar-refractivity contribution in [2.75, 3.05) is 11.9 Å². The Balaban J connectivity index is 2.54. The minimum Gasteiger partial charge on any atom is -0.404 e. The lowest BCUT2D eigenvalue weighted by atomic mass is 10.2. The number of rotatable bonds is 4. The summed E-state index contributed by atoms with van der Waals surface area (Å²) in [5, 5.41) is 2.99. The van der Waals surface area contributed by atoms with Crippen molar-refractivity contribution in [1.29, 1.82) is 0 Å². The Bertz CT molecular complexity index is 322. The van der Waals surface area contributed by atoms with E-state index in [9.17, 15) is 13.2 Å². The van der Waals surface area contributed by atoms with E-state index in [0.717, 1.165) is 6.20 Å². The Morgan fingerprint density at radius 1 is 1.38 bits per heavy atom. The minimum absolute atomic E-state index is 0.317. The smallest absolute Gasteiger partial charge is 0.404 e. The summed E-state index contributed by atoms with van der Waals surface area (Å²) in [6, 6.07) is 2.67. The number of nitrogens with zero attached hydrogens (tertiary/aromatic N) is 1. The topological polar surface area (TPSA) is 34.1 Å². The first kappa shape index (κ1) is 12.6. The lowest BCUT2D eigenvalue weighted by Gasteiger charge is -2.10. The van der Waals surface area contributed by atoms with Gasteiger partial charge >= 0.3 is 6.36 Å². The highest BCUT2D eigenvalue weighted by atomic mass is 19.4. The number of aromatic nitrogens is 1. The van der Waals surface area contributed by atoms with Gasteiger partial charge in [-0.2, -0.15) is 0 Å². The molecule has 0 radical (unpaired) electrons. The van der Waals surface area contributed by atoms with Gasteiger partial charge < -0.3 is 10.1 Å². The van der Waals surface area contributed by atoms with Gasteiger partial charge in [-0.25, -0.2) is 4.98 Å². The predicted molar refractivity (Wildman–Crippen MR) is 54.2 cm³/mol. The first-order valence-corrected chi connectivity index (χ1v) is 4.82. The molecule has 0 fully saturated rings. The van der Waals surface area contributed by atoms with Crippen molar-refractivity contribution in [3.05, 3.63) is 18.3 Å². The van der Waals surface area contributed by atoms with Crippen LogP contribution in [0.5, 0.6) is 5.75 Å². The van der Waals surface area contributed by atoms with Gasteiger partial charge in [-0.3, -0.25) is 0 Å². The molecule has 0 bridgehead atoms. The van der Waals surface area contributed by atoms with Gasteiger partial charge in [-0.15, -0.1) is 13.2 Å². The van der Waals surface area contributed by atoms with Gasteiger partial charge in [-0.1, -0.05) is 13.8 Å². The van der Waals surface area contributed by atoms with Crippen molar-refractivity contribution < 1.29 is 17.9 Å². The Kier molecular flexibility index (Phi) is 3.98. The second-order valence-corrected chi connectivity index (χ2v) is 3.70. The summed E-state index contributed by atoms with van der Waals surface area (Å²) in [7, 11) is 0. The van der Waals surface area contributed by atoms with E-state index in [-0.39, 0.29) is 5.75 Å². The molecule has 0 aliphatic rings. The van der Waals surface area contributed by atoms with Crippen LogP contribution in [0.2, 0.25) is 0 Å². The fourth-order valence-corrected chi connectivity index (χ4v) is 0.988. The summed E-state index contributed by atoms with van der Waals surface area (Å²) in [6.45, 7) is 4.76. The van der Waals surface area contributed by atoms with Gasteiger partial charge in [0.25, 0.3) is 0 Å². The normalized spacial score (nSPS) is 11.6. The van der Waals surface area contributed by atoms with Crippen LogP contribution in [0.3, 0.4) is 0 Å². The van der Waals surface area contributed by atoms with E-state index in [1.54, 1.807) is 0 Å². The molecule has 6 heteroatoms. The van der Waals surface area contributed by atoms with Crippen molar-refractivity contribution in [1.82, 2.24) is 4.98 Å². The molecule has 1 heterocycles. The Morgan fingerprint density at radius 2 is 2.06 bits per heavy atom. The van der Waals surface area contributed by atoms with Crippen molar-refractivity contribution in [2.45, 2.75) is 20.2 Å². The predicted octanol–water partition coefficient (Wildman–Crippen LogP) is 3.05. The molecular weight excluding hydrogens is 221 g/mol. The van der Waals surface area contributed by atoms with Crippen molar-refractivity contribution >= 4 is 5.82 Å². The molecule has 0 saturated carbocycles. The zero-order chi connectivity index (χ0) is 12.2. The molecule has 1 aromatic rings. The maximum Gasteiger partial charge on any atom is 0.573 e. The third-order valence-electron chi connectivity index (χ3n) is 1.66. The van der Waals surface area contributed by atoms with Crippen LogP contribution in [0.25, 0.3) is 0 Å². The SMILES string of the molecule is CC(C)CNc1ccc(OC(F)(F)F)cn1. The Morgan fingerprint density at radius 3 is 2.50 bits per heavy atom. The number of anilines is 1. The molecular formula is C10H13F3N2O. The number of alkyl halides is 3. The molecule has 0 aliphatic heterocycles.